The molecule has 0 aliphatic heterocycles. The molecule has 0 radical (unpaired) electrons. The van der Waals surface area contributed by atoms with Crippen LogP contribution in [0.3, 0.4) is 0 Å². The second-order valence-corrected chi connectivity index (χ2v) is 6.85. The van der Waals surface area contributed by atoms with Crippen molar-refractivity contribution < 1.29 is 19.1 Å². The van der Waals surface area contributed by atoms with Crippen LogP contribution in [0, 0.1) is 0 Å². The molecule has 26 heavy (non-hydrogen) atoms. The van der Waals surface area contributed by atoms with Gasteiger partial charge in [0.15, 0.2) is 0 Å². The minimum Gasteiger partial charge on any atom is -0.476 e. The Labute approximate surface area is 153 Å². The molecule has 0 spiro atoms. The van der Waals surface area contributed by atoms with Gasteiger partial charge in [-0.15, -0.1) is 0 Å². The van der Waals surface area contributed by atoms with E-state index in [2.05, 4.69) is 4.98 Å². The van der Waals surface area contributed by atoms with Crippen LogP contribution in [0.4, 0.5) is 4.79 Å². The van der Waals surface area contributed by atoms with Gasteiger partial charge in [-0.3, -0.25) is 4.79 Å². The number of carbonyl (C=O) groups is 2. The largest absolute Gasteiger partial charge is 0.476 e. The summed E-state index contributed by atoms with van der Waals surface area (Å²) in [5.74, 6) is 0.455. The van der Waals surface area contributed by atoms with Crippen molar-refractivity contribution in [2.24, 2.45) is 0 Å². The molecule has 0 atom stereocenters. The summed E-state index contributed by atoms with van der Waals surface area (Å²) < 4.78 is 10.9. The minimum absolute atomic E-state index is 0.292. The molecule has 6 heteroatoms. The fourth-order valence-corrected chi connectivity index (χ4v) is 2.15. The molecular weight excluding hydrogens is 332 g/mol. The zero-order valence-electron chi connectivity index (χ0n) is 15.6. The van der Waals surface area contributed by atoms with Crippen molar-refractivity contribution in [2.75, 3.05) is 20.2 Å². The number of aromatic nitrogens is 1. The molecule has 0 bridgehead atoms. The van der Waals surface area contributed by atoms with Gasteiger partial charge in [-0.2, -0.15) is 0 Å². The highest BCUT2D eigenvalue weighted by Crippen LogP contribution is 2.20. The first-order valence-corrected chi connectivity index (χ1v) is 8.38. The standard InChI is InChI=1S/C20H24N2O4/c1-20(2,3)26-19(24)22(4)11-12-25-18-10-6-9-17(21-18)16-8-5-7-15(13-16)14-23/h5-10,13-14H,11-12H2,1-4H3. The van der Waals surface area contributed by atoms with Gasteiger partial charge in [0, 0.05) is 24.2 Å². The number of ether oxygens (including phenoxy) is 2. The second kappa shape index (κ2) is 8.47. The number of aldehydes is 1. The Balaban J connectivity index is 1.94. The van der Waals surface area contributed by atoms with Crippen LogP contribution in [0.25, 0.3) is 11.3 Å². The maximum Gasteiger partial charge on any atom is 0.410 e. The van der Waals surface area contributed by atoms with Crippen molar-refractivity contribution in [1.29, 1.82) is 0 Å². The van der Waals surface area contributed by atoms with Gasteiger partial charge >= 0.3 is 6.09 Å². The summed E-state index contributed by atoms with van der Waals surface area (Å²) in [5.41, 5.74) is 1.62. The zero-order valence-corrected chi connectivity index (χ0v) is 15.6. The zero-order chi connectivity index (χ0) is 19.2. The van der Waals surface area contributed by atoms with Crippen molar-refractivity contribution in [3.05, 3.63) is 48.0 Å². The van der Waals surface area contributed by atoms with Crippen molar-refractivity contribution >= 4 is 12.4 Å². The van der Waals surface area contributed by atoms with E-state index in [1.54, 1.807) is 25.2 Å². The molecule has 1 amide bonds. The lowest BCUT2D eigenvalue weighted by molar-refractivity contribution is 0.0277. The summed E-state index contributed by atoms with van der Waals surface area (Å²) in [6.07, 6.45) is 0.407. The summed E-state index contributed by atoms with van der Waals surface area (Å²) in [6, 6.07) is 12.6. The van der Waals surface area contributed by atoms with Crippen molar-refractivity contribution in [2.45, 2.75) is 26.4 Å². The Hall–Kier alpha value is -2.89. The number of benzene rings is 1. The Morgan fingerprint density at radius 3 is 2.62 bits per heavy atom. The number of amides is 1. The summed E-state index contributed by atoms with van der Waals surface area (Å²) in [6.45, 7) is 6.14. The van der Waals surface area contributed by atoms with E-state index in [1.807, 2.05) is 45.0 Å². The molecule has 2 aromatic rings. The molecule has 0 saturated carbocycles. The first-order valence-electron chi connectivity index (χ1n) is 8.38. The molecule has 138 valence electrons. The van der Waals surface area contributed by atoms with E-state index in [9.17, 15) is 9.59 Å². The molecule has 0 N–H and O–H groups in total. The predicted octanol–water partition coefficient (Wildman–Crippen LogP) is 3.81. The van der Waals surface area contributed by atoms with Crippen LogP contribution in [-0.2, 0) is 4.74 Å². The molecular formula is C20H24N2O4. The smallest absolute Gasteiger partial charge is 0.410 e. The highest BCUT2D eigenvalue weighted by molar-refractivity contribution is 5.78. The molecule has 0 fully saturated rings. The molecule has 1 heterocycles. The van der Waals surface area contributed by atoms with E-state index < -0.39 is 11.7 Å². The summed E-state index contributed by atoms with van der Waals surface area (Å²) in [4.78, 5) is 28.7. The molecule has 1 aromatic heterocycles. The quantitative estimate of drug-likeness (QED) is 0.736. The predicted molar refractivity (Wildman–Crippen MR) is 99.4 cm³/mol. The Kier molecular flexibility index (Phi) is 6.33. The minimum atomic E-state index is -0.530. The van der Waals surface area contributed by atoms with Crippen LogP contribution in [0.1, 0.15) is 31.1 Å². The SMILES string of the molecule is CN(CCOc1cccc(-c2cccc(C=O)c2)n1)C(=O)OC(C)(C)C. The maximum absolute atomic E-state index is 11.9. The first kappa shape index (κ1) is 19.4. The van der Waals surface area contributed by atoms with Crippen LogP contribution in [0.5, 0.6) is 5.88 Å². The Morgan fingerprint density at radius 1 is 1.19 bits per heavy atom. The topological polar surface area (TPSA) is 68.7 Å². The van der Waals surface area contributed by atoms with Gasteiger partial charge in [-0.1, -0.05) is 24.3 Å². The molecule has 0 aliphatic rings. The van der Waals surface area contributed by atoms with Gasteiger partial charge in [0.1, 0.15) is 18.5 Å². The van der Waals surface area contributed by atoms with E-state index in [0.29, 0.717) is 30.3 Å². The van der Waals surface area contributed by atoms with E-state index >= 15 is 0 Å². The third-order valence-electron chi connectivity index (χ3n) is 3.42. The summed E-state index contributed by atoms with van der Waals surface area (Å²) in [7, 11) is 1.66. The monoisotopic (exact) mass is 356 g/mol. The lowest BCUT2D eigenvalue weighted by Gasteiger charge is -2.24. The average molecular weight is 356 g/mol. The van der Waals surface area contributed by atoms with Crippen molar-refractivity contribution in [1.82, 2.24) is 9.88 Å². The van der Waals surface area contributed by atoms with Gasteiger partial charge in [-0.25, -0.2) is 9.78 Å². The normalized spacial score (nSPS) is 10.9. The van der Waals surface area contributed by atoms with Gasteiger partial charge in [0.05, 0.1) is 12.2 Å². The lowest BCUT2D eigenvalue weighted by atomic mass is 10.1. The number of carbonyl (C=O) groups excluding carboxylic acids is 2. The van der Waals surface area contributed by atoms with Crippen LogP contribution in [0.2, 0.25) is 0 Å². The van der Waals surface area contributed by atoms with Crippen LogP contribution in [-0.4, -0.2) is 48.1 Å². The number of hydrogen-bond acceptors (Lipinski definition) is 5. The number of hydrogen-bond donors (Lipinski definition) is 0. The van der Waals surface area contributed by atoms with Gasteiger partial charge in [0.25, 0.3) is 0 Å². The number of rotatable bonds is 6. The van der Waals surface area contributed by atoms with E-state index in [0.717, 1.165) is 11.8 Å². The fraction of sp³-hybridized carbons (Fsp3) is 0.350. The van der Waals surface area contributed by atoms with E-state index in [4.69, 9.17) is 9.47 Å². The number of likely N-dealkylation sites (N-methyl/N-ethyl adjacent to an activating group) is 1. The van der Waals surface area contributed by atoms with Gasteiger partial charge in [0.2, 0.25) is 5.88 Å². The first-order chi connectivity index (χ1) is 12.3. The van der Waals surface area contributed by atoms with E-state index in [-0.39, 0.29) is 0 Å². The fourth-order valence-electron chi connectivity index (χ4n) is 2.15. The molecule has 6 nitrogen and oxygen atoms in total. The molecule has 0 aliphatic carbocycles. The van der Waals surface area contributed by atoms with Crippen molar-refractivity contribution in [3.8, 4) is 17.1 Å². The third kappa shape index (κ3) is 5.88. The van der Waals surface area contributed by atoms with Gasteiger partial charge in [-0.05, 0) is 32.9 Å². The second-order valence-electron chi connectivity index (χ2n) is 6.85. The average Bonchev–Trinajstić information content (AvgIpc) is 2.60. The lowest BCUT2D eigenvalue weighted by Crippen LogP contribution is -2.36. The maximum atomic E-state index is 11.9. The molecule has 0 unspecified atom stereocenters. The van der Waals surface area contributed by atoms with Crippen LogP contribution < -0.4 is 4.74 Å². The summed E-state index contributed by atoms with van der Waals surface area (Å²) in [5, 5.41) is 0. The number of pyridine rings is 1. The molecule has 0 saturated heterocycles. The Bertz CT molecular complexity index is 768. The van der Waals surface area contributed by atoms with E-state index in [1.165, 1.54) is 4.90 Å². The van der Waals surface area contributed by atoms with Crippen LogP contribution >= 0.6 is 0 Å². The van der Waals surface area contributed by atoms with Gasteiger partial charge < -0.3 is 14.4 Å². The summed E-state index contributed by atoms with van der Waals surface area (Å²) >= 11 is 0. The van der Waals surface area contributed by atoms with Crippen molar-refractivity contribution in [3.63, 3.8) is 0 Å². The van der Waals surface area contributed by atoms with Crippen LogP contribution in [0.15, 0.2) is 42.5 Å². The highest BCUT2D eigenvalue weighted by atomic mass is 16.6. The number of nitrogens with zero attached hydrogens (tertiary/aromatic N) is 2. The Morgan fingerprint density at radius 2 is 1.92 bits per heavy atom. The molecule has 2 rings (SSSR count). The highest BCUT2D eigenvalue weighted by Gasteiger charge is 2.19. The molecule has 1 aromatic carbocycles. The third-order valence-corrected chi connectivity index (χ3v) is 3.42.